The van der Waals surface area contributed by atoms with E-state index in [1.807, 2.05) is 18.2 Å². The van der Waals surface area contributed by atoms with E-state index in [0.29, 0.717) is 25.3 Å². The van der Waals surface area contributed by atoms with Gasteiger partial charge >= 0.3 is 6.09 Å². The lowest BCUT2D eigenvalue weighted by Crippen LogP contribution is -2.31. The molecule has 0 aromatic heterocycles. The van der Waals surface area contributed by atoms with Gasteiger partial charge in [-0.2, -0.15) is 0 Å². The van der Waals surface area contributed by atoms with Crippen molar-refractivity contribution in [2.75, 3.05) is 33.9 Å². The molecule has 1 N–H and O–H groups in total. The summed E-state index contributed by atoms with van der Waals surface area (Å²) in [4.78, 5) is 13.9. The third kappa shape index (κ3) is 4.22. The highest BCUT2D eigenvalue weighted by atomic mass is 16.5. The van der Waals surface area contributed by atoms with Crippen LogP contribution in [0.2, 0.25) is 0 Å². The van der Waals surface area contributed by atoms with Crippen LogP contribution in [0.3, 0.4) is 0 Å². The number of carbonyl (C=O) groups excluding carboxylic acids is 1. The van der Waals surface area contributed by atoms with E-state index in [-0.39, 0.29) is 30.1 Å². The van der Waals surface area contributed by atoms with Gasteiger partial charge in [0.05, 0.1) is 14.2 Å². The number of fused-ring (bicyclic) bond motifs is 1. The molecule has 2 aromatic carbocycles. The highest BCUT2D eigenvalue weighted by molar-refractivity contribution is 5.68. The van der Waals surface area contributed by atoms with Crippen LogP contribution in [0.1, 0.15) is 36.0 Å². The van der Waals surface area contributed by atoms with Crippen molar-refractivity contribution in [3.8, 4) is 11.5 Å². The maximum Gasteiger partial charge on any atom is 0.409 e. The molecule has 1 saturated heterocycles. The molecular weight excluding hydrogens is 394 g/mol. The number of hydrogen-bond acceptors (Lipinski definition) is 5. The Morgan fingerprint density at radius 2 is 1.84 bits per heavy atom. The van der Waals surface area contributed by atoms with Gasteiger partial charge in [-0.05, 0) is 40.7 Å². The van der Waals surface area contributed by atoms with Gasteiger partial charge in [-0.1, -0.05) is 37.3 Å². The van der Waals surface area contributed by atoms with Crippen LogP contribution in [-0.4, -0.2) is 56.1 Å². The van der Waals surface area contributed by atoms with Gasteiger partial charge in [0.15, 0.2) is 11.5 Å². The fourth-order valence-electron chi connectivity index (χ4n) is 5.12. The number of methoxy groups -OCH3 is 2. The standard InChI is InChI=1S/C25H31NO5/c1-25(10-11-27)16-26(24(28)30-3)15-21(25)19-8-9-22(29-2)23(14-19)31-20-12-17-6-4-5-7-18(17)13-20/h4-9,14,20-21,27H,10-13,15-16H2,1-3H3/t21-,25+/m0/s1. The highest BCUT2D eigenvalue weighted by Crippen LogP contribution is 2.47. The number of hydrogen-bond donors (Lipinski definition) is 1. The minimum absolute atomic E-state index is 0.0628. The second-order valence-electron chi connectivity index (χ2n) is 8.86. The molecule has 4 rings (SSSR count). The van der Waals surface area contributed by atoms with Gasteiger partial charge in [-0.3, -0.25) is 0 Å². The number of ether oxygens (including phenoxy) is 3. The number of amides is 1. The molecule has 0 bridgehead atoms. The molecule has 1 amide bonds. The first-order valence-electron chi connectivity index (χ1n) is 10.8. The van der Waals surface area contributed by atoms with E-state index in [1.54, 1.807) is 12.0 Å². The summed E-state index contributed by atoms with van der Waals surface area (Å²) in [6, 6.07) is 14.5. The number of aliphatic hydroxyl groups excluding tert-OH is 1. The van der Waals surface area contributed by atoms with E-state index in [1.165, 1.54) is 18.2 Å². The topological polar surface area (TPSA) is 68.2 Å². The molecule has 0 radical (unpaired) electrons. The Bertz CT molecular complexity index is 920. The van der Waals surface area contributed by atoms with Crippen LogP contribution in [0.4, 0.5) is 4.79 Å². The lowest BCUT2D eigenvalue weighted by Gasteiger charge is -2.30. The summed E-state index contributed by atoms with van der Waals surface area (Å²) < 4.78 is 17.0. The predicted octanol–water partition coefficient (Wildman–Crippen LogP) is 3.80. The first kappa shape index (κ1) is 21.5. The number of aliphatic hydroxyl groups is 1. The second kappa shape index (κ2) is 8.79. The highest BCUT2D eigenvalue weighted by Gasteiger charge is 2.45. The minimum atomic E-state index is -0.333. The van der Waals surface area contributed by atoms with Gasteiger partial charge < -0.3 is 24.2 Å². The molecule has 1 aliphatic carbocycles. The molecule has 0 unspecified atom stereocenters. The average Bonchev–Trinajstić information content (AvgIpc) is 3.33. The Morgan fingerprint density at radius 1 is 1.13 bits per heavy atom. The summed E-state index contributed by atoms with van der Waals surface area (Å²) in [6.07, 6.45) is 2.10. The van der Waals surface area contributed by atoms with Crippen LogP contribution < -0.4 is 9.47 Å². The molecule has 1 heterocycles. The third-order valence-electron chi connectivity index (χ3n) is 6.81. The number of nitrogens with zero attached hydrogens (tertiary/aromatic N) is 1. The molecule has 0 spiro atoms. The zero-order valence-electron chi connectivity index (χ0n) is 18.5. The quantitative estimate of drug-likeness (QED) is 0.763. The van der Waals surface area contributed by atoms with E-state index < -0.39 is 0 Å². The SMILES string of the molecule is COC(=O)N1C[C@@H](c2ccc(OC)c(OC3Cc4ccccc4C3)c2)[C@](C)(CCO)C1. The lowest BCUT2D eigenvalue weighted by molar-refractivity contribution is 0.124. The molecule has 31 heavy (non-hydrogen) atoms. The molecule has 166 valence electrons. The van der Waals surface area contributed by atoms with Crippen LogP contribution in [0, 0.1) is 5.41 Å². The Labute approximate surface area is 183 Å². The fraction of sp³-hybridized carbons (Fsp3) is 0.480. The van der Waals surface area contributed by atoms with Crippen LogP contribution in [0.25, 0.3) is 0 Å². The van der Waals surface area contributed by atoms with E-state index in [4.69, 9.17) is 14.2 Å². The van der Waals surface area contributed by atoms with Crippen LogP contribution in [0.5, 0.6) is 11.5 Å². The number of likely N-dealkylation sites (tertiary alicyclic amines) is 1. The summed E-state index contributed by atoms with van der Waals surface area (Å²) in [7, 11) is 3.05. The summed E-state index contributed by atoms with van der Waals surface area (Å²) in [6.45, 7) is 3.28. The monoisotopic (exact) mass is 425 g/mol. The van der Waals surface area contributed by atoms with Crippen LogP contribution >= 0.6 is 0 Å². The number of rotatable bonds is 6. The van der Waals surface area contributed by atoms with Crippen molar-refractivity contribution in [2.24, 2.45) is 5.41 Å². The van der Waals surface area contributed by atoms with Crippen molar-refractivity contribution in [1.82, 2.24) is 4.90 Å². The fourth-order valence-corrected chi connectivity index (χ4v) is 5.12. The lowest BCUT2D eigenvalue weighted by atomic mass is 9.74. The Morgan fingerprint density at radius 3 is 2.45 bits per heavy atom. The second-order valence-corrected chi connectivity index (χ2v) is 8.86. The molecule has 1 aliphatic heterocycles. The predicted molar refractivity (Wildman–Crippen MR) is 118 cm³/mol. The third-order valence-corrected chi connectivity index (χ3v) is 6.81. The summed E-state index contributed by atoms with van der Waals surface area (Å²) in [5, 5.41) is 9.67. The van der Waals surface area contributed by atoms with Crippen molar-refractivity contribution >= 4 is 6.09 Å². The van der Waals surface area contributed by atoms with Gasteiger partial charge in [0, 0.05) is 38.5 Å². The Kier molecular flexibility index (Phi) is 6.10. The maximum absolute atomic E-state index is 12.2. The van der Waals surface area contributed by atoms with Gasteiger partial charge in [-0.15, -0.1) is 0 Å². The zero-order valence-corrected chi connectivity index (χ0v) is 18.5. The summed E-state index contributed by atoms with van der Waals surface area (Å²) in [5.41, 5.74) is 3.50. The van der Waals surface area contributed by atoms with E-state index in [0.717, 1.165) is 24.2 Å². The molecular formula is C25H31NO5. The van der Waals surface area contributed by atoms with Crippen molar-refractivity contribution in [1.29, 1.82) is 0 Å². The molecule has 2 aromatic rings. The average molecular weight is 426 g/mol. The summed E-state index contributed by atoms with van der Waals surface area (Å²) >= 11 is 0. The number of carbonyl (C=O) groups is 1. The summed E-state index contributed by atoms with van der Waals surface area (Å²) in [5.74, 6) is 1.49. The van der Waals surface area contributed by atoms with E-state index in [9.17, 15) is 9.90 Å². The van der Waals surface area contributed by atoms with Crippen molar-refractivity contribution in [3.63, 3.8) is 0 Å². The minimum Gasteiger partial charge on any atom is -0.493 e. The molecule has 6 nitrogen and oxygen atoms in total. The first-order valence-corrected chi connectivity index (χ1v) is 10.8. The smallest absolute Gasteiger partial charge is 0.409 e. The van der Waals surface area contributed by atoms with Crippen molar-refractivity contribution in [3.05, 3.63) is 59.2 Å². The first-order chi connectivity index (χ1) is 15.0. The largest absolute Gasteiger partial charge is 0.493 e. The molecule has 1 fully saturated rings. The normalized spacial score (nSPS) is 23.0. The molecule has 2 atom stereocenters. The van der Waals surface area contributed by atoms with Gasteiger partial charge in [0.25, 0.3) is 0 Å². The van der Waals surface area contributed by atoms with Gasteiger partial charge in [-0.25, -0.2) is 4.79 Å². The van der Waals surface area contributed by atoms with E-state index in [2.05, 4.69) is 31.2 Å². The number of benzene rings is 2. The Balaban J connectivity index is 1.59. The van der Waals surface area contributed by atoms with Crippen LogP contribution in [-0.2, 0) is 17.6 Å². The Hall–Kier alpha value is -2.73. The van der Waals surface area contributed by atoms with Gasteiger partial charge in [0.2, 0.25) is 0 Å². The maximum atomic E-state index is 12.2. The molecule has 6 heteroatoms. The van der Waals surface area contributed by atoms with Gasteiger partial charge in [0.1, 0.15) is 6.10 Å². The van der Waals surface area contributed by atoms with Crippen LogP contribution in [0.15, 0.2) is 42.5 Å². The molecule has 0 saturated carbocycles. The zero-order chi connectivity index (χ0) is 22.0. The molecule has 2 aliphatic rings. The van der Waals surface area contributed by atoms with Crippen molar-refractivity contribution in [2.45, 2.75) is 38.2 Å². The van der Waals surface area contributed by atoms with E-state index >= 15 is 0 Å². The van der Waals surface area contributed by atoms with Crippen molar-refractivity contribution < 1.29 is 24.1 Å².